The summed E-state index contributed by atoms with van der Waals surface area (Å²) in [6, 6.07) is 16.2. The average molecular weight is 904 g/mol. The molecular weight excluding hydrogens is 831 g/mol. The molecule has 62 heavy (non-hydrogen) atoms. The Balaban J connectivity index is 0.00000661. The van der Waals surface area contributed by atoms with E-state index in [9.17, 15) is 28.8 Å². The summed E-state index contributed by atoms with van der Waals surface area (Å²) in [6.45, 7) is 8.43. The van der Waals surface area contributed by atoms with Crippen LogP contribution in [0.4, 0.5) is 0 Å². The second kappa shape index (κ2) is 27.7. The van der Waals surface area contributed by atoms with Gasteiger partial charge in [0.05, 0.1) is 24.2 Å². The summed E-state index contributed by atoms with van der Waals surface area (Å²) >= 11 is 0. The largest absolute Gasteiger partial charge is 0.350 e. The van der Waals surface area contributed by atoms with Gasteiger partial charge in [-0.2, -0.15) is 0 Å². The van der Waals surface area contributed by atoms with Gasteiger partial charge in [-0.15, -0.1) is 24.8 Å². The molecule has 8 atom stereocenters. The van der Waals surface area contributed by atoms with Crippen molar-refractivity contribution in [2.45, 2.75) is 153 Å². The van der Waals surface area contributed by atoms with Crippen LogP contribution in [0.15, 0.2) is 60.7 Å². The van der Waals surface area contributed by atoms with E-state index in [2.05, 4.69) is 31.9 Å². The maximum Gasteiger partial charge on any atom is 0.245 e. The molecule has 2 aromatic rings. The highest BCUT2D eigenvalue weighted by atomic mass is 35.5. The Morgan fingerprint density at radius 2 is 0.903 bits per heavy atom. The number of likely N-dealkylation sites (tertiary alicyclic amines) is 2. The zero-order chi connectivity index (χ0) is 43.6. The molecule has 0 spiro atoms. The van der Waals surface area contributed by atoms with E-state index in [0.29, 0.717) is 38.8 Å². The minimum Gasteiger partial charge on any atom is -0.350 e. The van der Waals surface area contributed by atoms with Gasteiger partial charge >= 0.3 is 0 Å². The predicted molar refractivity (Wildman–Crippen MR) is 248 cm³/mol. The average Bonchev–Trinajstić information content (AvgIpc) is 3.92. The molecule has 16 heteroatoms. The SMILES string of the molecule is CN[C@@H](C)C(=O)N[C@@H](CCCCCC[C@H](NC(=O)[C@H](C)NC)C(=O)N1CCC[C@H]1CC(=O)N[C@H](C)c1ccccc1)C(=O)N1CCC[C@H]1CC(=O)N[C@H](C)c1ccccc1.Cl.Cl. The van der Waals surface area contributed by atoms with Crippen LogP contribution in [0.2, 0.25) is 0 Å². The number of benzene rings is 2. The highest BCUT2D eigenvalue weighted by molar-refractivity contribution is 5.91. The third-order valence-corrected chi connectivity index (χ3v) is 12.1. The monoisotopic (exact) mass is 902 g/mol. The van der Waals surface area contributed by atoms with Gasteiger partial charge in [-0.1, -0.05) is 86.3 Å². The number of nitrogens with zero attached hydrogens (tertiary/aromatic N) is 2. The maximum absolute atomic E-state index is 14.1. The molecule has 2 aromatic carbocycles. The van der Waals surface area contributed by atoms with Gasteiger partial charge in [0.25, 0.3) is 0 Å². The van der Waals surface area contributed by atoms with Crippen LogP contribution in [0.1, 0.15) is 128 Å². The lowest BCUT2D eigenvalue weighted by Gasteiger charge is -2.30. The van der Waals surface area contributed by atoms with Gasteiger partial charge in [-0.3, -0.25) is 28.8 Å². The molecule has 0 aliphatic carbocycles. The number of carbonyl (C=O) groups excluding carboxylic acids is 6. The molecule has 0 saturated carbocycles. The van der Waals surface area contributed by atoms with Gasteiger partial charge in [0, 0.05) is 38.0 Å². The Labute approximate surface area is 381 Å². The number of likely N-dealkylation sites (N-methyl/N-ethyl adjacent to an activating group) is 2. The van der Waals surface area contributed by atoms with Gasteiger partial charge in [0.2, 0.25) is 35.4 Å². The smallest absolute Gasteiger partial charge is 0.245 e. The molecule has 346 valence electrons. The van der Waals surface area contributed by atoms with Crippen LogP contribution in [-0.4, -0.2) is 109 Å². The number of halogens is 2. The fourth-order valence-electron chi connectivity index (χ4n) is 8.18. The lowest BCUT2D eigenvalue weighted by Crippen LogP contribution is -2.53. The van der Waals surface area contributed by atoms with Crippen LogP contribution >= 0.6 is 24.8 Å². The minimum atomic E-state index is -0.739. The van der Waals surface area contributed by atoms with Crippen molar-refractivity contribution in [2.24, 2.45) is 0 Å². The van der Waals surface area contributed by atoms with E-state index in [1.54, 1.807) is 37.7 Å². The van der Waals surface area contributed by atoms with E-state index in [1.165, 1.54) is 0 Å². The van der Waals surface area contributed by atoms with Crippen LogP contribution < -0.4 is 31.9 Å². The topological polar surface area (TPSA) is 181 Å². The standard InChI is InChI=1S/C46H70N8O6.2ClH/c1-31(35-19-11-9-12-20-35)49-41(55)29-37-23-17-27-53(37)45(59)39(51-43(57)33(3)47-5)25-15-7-8-16-26-40(52-44(58)34(4)48-6)46(60)54-28-18-24-38(54)30-42(56)50-32(2)36-21-13-10-14-22-36;;/h9-14,19-22,31-34,37-40,47-48H,7-8,15-18,23-30H2,1-6H3,(H,49,55)(H,50,56)(H,51,57)(H,52,58);2*1H/t31-,32-,33+,34+,37+,38+,39+,40+;;/m1../s1. The number of carbonyl (C=O) groups is 6. The van der Waals surface area contributed by atoms with Gasteiger partial charge in [0.1, 0.15) is 12.1 Å². The van der Waals surface area contributed by atoms with Crippen LogP contribution in [0, 0.1) is 0 Å². The quantitative estimate of drug-likeness (QED) is 0.0855. The Bertz CT molecular complexity index is 1590. The molecule has 6 amide bonds. The van der Waals surface area contributed by atoms with Crippen LogP contribution in [0.5, 0.6) is 0 Å². The molecule has 14 nitrogen and oxygen atoms in total. The summed E-state index contributed by atoms with van der Waals surface area (Å²) in [7, 11) is 3.39. The molecule has 2 saturated heterocycles. The third kappa shape index (κ3) is 16.5. The van der Waals surface area contributed by atoms with E-state index in [1.807, 2.05) is 74.5 Å². The lowest BCUT2D eigenvalue weighted by molar-refractivity contribution is -0.139. The second-order valence-corrected chi connectivity index (χ2v) is 16.6. The Morgan fingerprint density at radius 3 is 1.24 bits per heavy atom. The van der Waals surface area contributed by atoms with Crippen molar-refractivity contribution in [3.8, 4) is 0 Å². The van der Waals surface area contributed by atoms with Crippen molar-refractivity contribution in [3.63, 3.8) is 0 Å². The molecule has 2 heterocycles. The number of amides is 6. The highest BCUT2D eigenvalue weighted by Gasteiger charge is 2.37. The fraction of sp³-hybridized carbons (Fsp3) is 0.609. The first-order valence-corrected chi connectivity index (χ1v) is 22.1. The van der Waals surface area contributed by atoms with Gasteiger partial charge < -0.3 is 41.7 Å². The molecule has 0 unspecified atom stereocenters. The normalized spacial score (nSPS) is 18.7. The number of hydrogen-bond acceptors (Lipinski definition) is 8. The molecule has 6 N–H and O–H groups in total. The molecule has 2 fully saturated rings. The van der Waals surface area contributed by atoms with Crippen molar-refractivity contribution in [3.05, 3.63) is 71.8 Å². The number of rotatable bonds is 23. The van der Waals surface area contributed by atoms with Gasteiger partial charge in [0.15, 0.2) is 0 Å². The Morgan fingerprint density at radius 1 is 0.548 bits per heavy atom. The second-order valence-electron chi connectivity index (χ2n) is 16.6. The summed E-state index contributed by atoms with van der Waals surface area (Å²) in [5, 5.41) is 18.0. The summed E-state index contributed by atoms with van der Waals surface area (Å²) in [5.74, 6) is -1.11. The molecule has 0 radical (unpaired) electrons. The Kier molecular flexibility index (Phi) is 24.1. The number of hydrogen-bond donors (Lipinski definition) is 6. The van der Waals surface area contributed by atoms with Crippen molar-refractivity contribution >= 4 is 60.3 Å². The molecule has 2 aliphatic heterocycles. The fourth-order valence-corrected chi connectivity index (χ4v) is 8.18. The molecule has 0 aromatic heterocycles. The summed E-state index contributed by atoms with van der Waals surface area (Å²) in [5.41, 5.74) is 2.01. The first-order chi connectivity index (χ1) is 28.8. The van der Waals surface area contributed by atoms with E-state index < -0.39 is 24.2 Å². The van der Waals surface area contributed by atoms with E-state index in [0.717, 1.165) is 49.7 Å². The number of nitrogens with one attached hydrogen (secondary N) is 6. The summed E-state index contributed by atoms with van der Waals surface area (Å²) in [4.78, 5) is 84.0. The van der Waals surface area contributed by atoms with Gasteiger partial charge in [-0.25, -0.2) is 0 Å². The zero-order valence-corrected chi connectivity index (χ0v) is 39.1. The van der Waals surface area contributed by atoms with Crippen molar-refractivity contribution in [1.29, 1.82) is 0 Å². The van der Waals surface area contributed by atoms with E-state index >= 15 is 0 Å². The molecular formula is C46H72Cl2N8O6. The number of unbranched alkanes of at least 4 members (excludes halogenated alkanes) is 3. The predicted octanol–water partition coefficient (Wildman–Crippen LogP) is 4.87. The Hall–Kier alpha value is -4.24. The van der Waals surface area contributed by atoms with Crippen LogP contribution in [0.3, 0.4) is 0 Å². The summed E-state index contributed by atoms with van der Waals surface area (Å²) < 4.78 is 0. The van der Waals surface area contributed by atoms with E-state index in [4.69, 9.17) is 0 Å². The first-order valence-electron chi connectivity index (χ1n) is 22.1. The maximum atomic E-state index is 14.1. The molecule has 4 rings (SSSR count). The van der Waals surface area contributed by atoms with Crippen LogP contribution in [-0.2, 0) is 28.8 Å². The van der Waals surface area contributed by atoms with Crippen molar-refractivity contribution in [1.82, 2.24) is 41.7 Å². The zero-order valence-electron chi connectivity index (χ0n) is 37.5. The van der Waals surface area contributed by atoms with Crippen molar-refractivity contribution < 1.29 is 28.8 Å². The molecule has 0 bridgehead atoms. The summed E-state index contributed by atoms with van der Waals surface area (Å²) in [6.07, 6.45) is 7.07. The molecule has 2 aliphatic rings. The van der Waals surface area contributed by atoms with Gasteiger partial charge in [-0.05, 0) is 91.4 Å². The van der Waals surface area contributed by atoms with Crippen molar-refractivity contribution in [2.75, 3.05) is 27.2 Å². The lowest BCUT2D eigenvalue weighted by atomic mass is 10.0. The third-order valence-electron chi connectivity index (χ3n) is 12.1. The van der Waals surface area contributed by atoms with E-state index in [-0.39, 0.29) is 97.3 Å². The highest BCUT2D eigenvalue weighted by Crippen LogP contribution is 2.25. The minimum absolute atomic E-state index is 0. The van der Waals surface area contributed by atoms with Crippen LogP contribution in [0.25, 0.3) is 0 Å². The first kappa shape index (κ1) is 53.9.